The van der Waals surface area contributed by atoms with Crippen LogP contribution in [-0.4, -0.2) is 35.7 Å². The van der Waals surface area contributed by atoms with E-state index in [1.54, 1.807) is 29.2 Å². The van der Waals surface area contributed by atoms with Crippen LogP contribution in [0.2, 0.25) is 0 Å². The third-order valence-corrected chi connectivity index (χ3v) is 7.38. The first kappa shape index (κ1) is 28.8. The first-order valence-electron chi connectivity index (χ1n) is 13.9. The first-order chi connectivity index (χ1) is 19.3. The molecule has 0 heterocycles. The molecule has 210 valence electrons. The molecule has 40 heavy (non-hydrogen) atoms. The molecule has 1 atom stereocenters. The number of nitrogens with one attached hydrogen (secondary N) is 2. The highest BCUT2D eigenvalue weighted by Crippen LogP contribution is 2.33. The van der Waals surface area contributed by atoms with E-state index in [0.29, 0.717) is 11.6 Å². The Morgan fingerprint density at radius 1 is 0.950 bits per heavy atom. The number of carboxylic acid groups (broad SMARTS) is 1. The van der Waals surface area contributed by atoms with Crippen LogP contribution in [0.15, 0.2) is 72.8 Å². The SMILES string of the molecule is CCc1cccc(NC(=O)N(Cc2ccc(C(=O)NCC(F)C(=O)O)cc2)c2ccc(C3CCCCC3)cc2)c1. The molecular formula is C32H36FN3O4. The van der Waals surface area contributed by atoms with Crippen LogP contribution in [0.4, 0.5) is 20.6 Å². The van der Waals surface area contributed by atoms with E-state index in [-0.39, 0.29) is 18.1 Å². The monoisotopic (exact) mass is 545 g/mol. The molecule has 1 aliphatic carbocycles. The van der Waals surface area contributed by atoms with Gasteiger partial charge in [0.2, 0.25) is 6.17 Å². The van der Waals surface area contributed by atoms with Crippen LogP contribution in [0.25, 0.3) is 0 Å². The van der Waals surface area contributed by atoms with Crippen molar-refractivity contribution >= 4 is 29.3 Å². The third-order valence-electron chi connectivity index (χ3n) is 7.38. The van der Waals surface area contributed by atoms with Crippen molar-refractivity contribution in [3.63, 3.8) is 0 Å². The van der Waals surface area contributed by atoms with Crippen LogP contribution in [0.5, 0.6) is 0 Å². The Balaban J connectivity index is 1.51. The molecule has 0 bridgehead atoms. The fourth-order valence-electron chi connectivity index (χ4n) is 5.02. The number of halogens is 1. The number of carbonyl (C=O) groups excluding carboxylic acids is 2. The quantitative estimate of drug-likeness (QED) is 0.264. The number of carboxylic acids is 1. The normalized spacial score (nSPS) is 14.2. The molecule has 4 rings (SSSR count). The van der Waals surface area contributed by atoms with E-state index in [1.807, 2.05) is 36.4 Å². The van der Waals surface area contributed by atoms with Gasteiger partial charge in [-0.05, 0) is 78.3 Å². The number of benzene rings is 3. The summed E-state index contributed by atoms with van der Waals surface area (Å²) in [6, 6.07) is 22.3. The van der Waals surface area contributed by atoms with E-state index in [2.05, 4.69) is 29.7 Å². The van der Waals surface area contributed by atoms with Crippen LogP contribution in [0.1, 0.15) is 72.0 Å². The number of aliphatic carboxylic acids is 1. The highest BCUT2D eigenvalue weighted by molar-refractivity contribution is 6.01. The van der Waals surface area contributed by atoms with Gasteiger partial charge in [-0.2, -0.15) is 0 Å². The summed E-state index contributed by atoms with van der Waals surface area (Å²) >= 11 is 0. The summed E-state index contributed by atoms with van der Waals surface area (Å²) in [6.07, 6.45) is 4.87. The summed E-state index contributed by atoms with van der Waals surface area (Å²) in [4.78, 5) is 38.2. The van der Waals surface area contributed by atoms with Crippen LogP contribution < -0.4 is 15.5 Å². The van der Waals surface area contributed by atoms with Crippen molar-refractivity contribution in [1.82, 2.24) is 5.32 Å². The molecule has 0 radical (unpaired) electrons. The zero-order chi connectivity index (χ0) is 28.5. The van der Waals surface area contributed by atoms with Crippen LogP contribution in [0, 0.1) is 0 Å². The molecule has 3 amide bonds. The molecule has 0 aromatic heterocycles. The van der Waals surface area contributed by atoms with Crippen molar-refractivity contribution in [2.24, 2.45) is 0 Å². The zero-order valence-electron chi connectivity index (χ0n) is 22.7. The number of alkyl halides is 1. The third kappa shape index (κ3) is 7.68. The predicted molar refractivity (Wildman–Crippen MR) is 155 cm³/mol. The highest BCUT2D eigenvalue weighted by Gasteiger charge is 2.20. The second kappa shape index (κ2) is 13.7. The lowest BCUT2D eigenvalue weighted by atomic mass is 9.84. The number of rotatable bonds is 10. The fourth-order valence-corrected chi connectivity index (χ4v) is 5.02. The van der Waals surface area contributed by atoms with Gasteiger partial charge in [-0.3, -0.25) is 9.69 Å². The summed E-state index contributed by atoms with van der Waals surface area (Å²) in [6.45, 7) is 1.71. The maximum absolute atomic E-state index is 13.6. The molecule has 1 aliphatic rings. The van der Waals surface area contributed by atoms with Crippen molar-refractivity contribution in [2.45, 2.75) is 64.1 Å². The number of hydrogen-bond acceptors (Lipinski definition) is 3. The number of hydrogen-bond donors (Lipinski definition) is 3. The minimum Gasteiger partial charge on any atom is -0.479 e. The van der Waals surface area contributed by atoms with E-state index in [9.17, 15) is 18.8 Å². The van der Waals surface area contributed by atoms with Gasteiger partial charge < -0.3 is 15.7 Å². The molecule has 3 N–H and O–H groups in total. The summed E-state index contributed by atoms with van der Waals surface area (Å²) < 4.78 is 13.3. The first-order valence-corrected chi connectivity index (χ1v) is 13.9. The lowest BCUT2D eigenvalue weighted by Crippen LogP contribution is -2.35. The molecule has 1 fully saturated rings. The lowest BCUT2D eigenvalue weighted by molar-refractivity contribution is -0.142. The van der Waals surface area contributed by atoms with Crippen molar-refractivity contribution in [3.8, 4) is 0 Å². The lowest BCUT2D eigenvalue weighted by Gasteiger charge is -2.26. The number of urea groups is 1. The smallest absolute Gasteiger partial charge is 0.340 e. The Bertz CT molecular complexity index is 1300. The average Bonchev–Trinajstić information content (AvgIpc) is 2.99. The van der Waals surface area contributed by atoms with E-state index in [4.69, 9.17) is 5.11 Å². The van der Waals surface area contributed by atoms with Crippen LogP contribution in [-0.2, 0) is 17.8 Å². The molecule has 0 aliphatic heterocycles. The van der Waals surface area contributed by atoms with Gasteiger partial charge in [0.05, 0.1) is 13.1 Å². The zero-order valence-corrected chi connectivity index (χ0v) is 22.7. The maximum Gasteiger partial charge on any atom is 0.340 e. The number of amides is 3. The molecule has 8 heteroatoms. The molecule has 0 spiro atoms. The highest BCUT2D eigenvalue weighted by atomic mass is 19.1. The van der Waals surface area contributed by atoms with Gasteiger partial charge in [0.1, 0.15) is 0 Å². The Morgan fingerprint density at radius 2 is 1.65 bits per heavy atom. The second-order valence-corrected chi connectivity index (χ2v) is 10.2. The Labute approximate surface area is 234 Å². The van der Waals surface area contributed by atoms with Gasteiger partial charge in [0.15, 0.2) is 0 Å². The fraction of sp³-hybridized carbons (Fsp3) is 0.344. The van der Waals surface area contributed by atoms with Crippen molar-refractivity contribution < 1.29 is 23.9 Å². The second-order valence-electron chi connectivity index (χ2n) is 10.2. The number of nitrogens with zero attached hydrogens (tertiary/aromatic N) is 1. The summed E-state index contributed by atoms with van der Waals surface area (Å²) in [5.41, 5.74) is 4.96. The van der Waals surface area contributed by atoms with Crippen molar-refractivity contribution in [1.29, 1.82) is 0 Å². The predicted octanol–water partition coefficient (Wildman–Crippen LogP) is 6.69. The number of aryl methyl sites for hydroxylation is 1. The molecular weight excluding hydrogens is 509 g/mol. The van der Waals surface area contributed by atoms with Crippen LogP contribution >= 0.6 is 0 Å². The Kier molecular flexibility index (Phi) is 9.89. The molecule has 3 aromatic rings. The minimum absolute atomic E-state index is 0.259. The van der Waals surface area contributed by atoms with E-state index in [1.165, 1.54) is 37.7 Å². The Hall–Kier alpha value is -4.20. The van der Waals surface area contributed by atoms with E-state index < -0.39 is 24.6 Å². The Morgan fingerprint density at radius 3 is 2.30 bits per heavy atom. The van der Waals surface area contributed by atoms with E-state index >= 15 is 0 Å². The maximum atomic E-state index is 13.6. The van der Waals surface area contributed by atoms with Gasteiger partial charge in [0.25, 0.3) is 5.91 Å². The summed E-state index contributed by atoms with van der Waals surface area (Å²) in [7, 11) is 0. The summed E-state index contributed by atoms with van der Waals surface area (Å²) in [5, 5.41) is 14.0. The van der Waals surface area contributed by atoms with Gasteiger partial charge in [-0.25, -0.2) is 14.0 Å². The van der Waals surface area contributed by atoms with Crippen molar-refractivity contribution in [2.75, 3.05) is 16.8 Å². The van der Waals surface area contributed by atoms with Gasteiger partial charge >= 0.3 is 12.0 Å². The minimum atomic E-state index is -2.17. The van der Waals surface area contributed by atoms with Gasteiger partial charge in [-0.15, -0.1) is 0 Å². The van der Waals surface area contributed by atoms with Gasteiger partial charge in [0, 0.05) is 16.9 Å². The van der Waals surface area contributed by atoms with E-state index in [0.717, 1.165) is 23.2 Å². The number of carbonyl (C=O) groups is 3. The molecule has 3 aromatic carbocycles. The van der Waals surface area contributed by atoms with Gasteiger partial charge in [-0.1, -0.05) is 62.6 Å². The molecule has 1 unspecified atom stereocenters. The number of anilines is 2. The average molecular weight is 546 g/mol. The van der Waals surface area contributed by atoms with Crippen LogP contribution in [0.3, 0.4) is 0 Å². The topological polar surface area (TPSA) is 98.7 Å². The molecule has 7 nitrogen and oxygen atoms in total. The summed E-state index contributed by atoms with van der Waals surface area (Å²) in [5.74, 6) is -1.63. The molecule has 0 saturated heterocycles. The standard InChI is InChI=1S/C32H36FN3O4/c1-2-22-7-6-10-27(19-22)35-32(40)36(28-17-15-25(16-18-28)24-8-4-3-5-9-24)21-23-11-13-26(14-12-23)30(37)34-20-29(33)31(38)39/h6-7,10-19,24,29H,2-5,8-9,20-21H2,1H3,(H,34,37)(H,35,40)(H,38,39). The largest absolute Gasteiger partial charge is 0.479 e. The molecule has 1 saturated carbocycles. The van der Waals surface area contributed by atoms with Crippen molar-refractivity contribution in [3.05, 3.63) is 95.1 Å².